The lowest BCUT2D eigenvalue weighted by Gasteiger charge is -2.19. The van der Waals surface area contributed by atoms with Crippen LogP contribution < -0.4 is 10.6 Å². The number of amides is 2. The summed E-state index contributed by atoms with van der Waals surface area (Å²) in [5, 5.41) is 6.62. The summed E-state index contributed by atoms with van der Waals surface area (Å²) >= 11 is 0. The first-order valence-corrected chi connectivity index (χ1v) is 18.9. The van der Waals surface area contributed by atoms with Crippen LogP contribution in [-0.4, -0.2) is 6.03 Å². The van der Waals surface area contributed by atoms with Crippen LogP contribution >= 0.6 is 0 Å². The molecule has 2 aromatic carbocycles. The second kappa shape index (κ2) is 25.0. The van der Waals surface area contributed by atoms with E-state index in [0.29, 0.717) is 0 Å². The third-order valence-electron chi connectivity index (χ3n) is 9.20. The Hall–Kier alpha value is -2.29. The van der Waals surface area contributed by atoms with Crippen molar-refractivity contribution in [2.75, 3.05) is 10.6 Å². The van der Waals surface area contributed by atoms with Crippen LogP contribution in [0.3, 0.4) is 0 Å². The molecule has 0 spiro atoms. The smallest absolute Gasteiger partial charge is 0.307 e. The van der Waals surface area contributed by atoms with Gasteiger partial charge in [-0.3, -0.25) is 0 Å². The van der Waals surface area contributed by atoms with E-state index in [1.807, 2.05) is 0 Å². The molecule has 44 heavy (non-hydrogen) atoms. The summed E-state index contributed by atoms with van der Waals surface area (Å²) in [6.07, 6.45) is 29.8. The van der Waals surface area contributed by atoms with Crippen LogP contribution in [0.2, 0.25) is 0 Å². The van der Waals surface area contributed by atoms with E-state index in [0.717, 1.165) is 37.1 Å². The van der Waals surface area contributed by atoms with E-state index >= 15 is 0 Å². The van der Waals surface area contributed by atoms with Gasteiger partial charge < -0.3 is 10.6 Å². The van der Waals surface area contributed by atoms with Crippen LogP contribution in [-0.2, 0) is 25.7 Å². The largest absolute Gasteiger partial charge is 0.323 e. The molecule has 3 nitrogen and oxygen atoms in total. The average molecular weight is 605 g/mol. The summed E-state index contributed by atoms with van der Waals surface area (Å²) in [6, 6.07) is 13.0. The lowest BCUT2D eigenvalue weighted by atomic mass is 9.94. The number of rotatable bonds is 26. The zero-order chi connectivity index (χ0) is 31.7. The Kier molecular flexibility index (Phi) is 21.5. The fraction of sp³-hybridized carbons (Fsp3) is 0.683. The molecule has 0 radical (unpaired) electrons. The standard InChI is InChI=1S/C41H68N2O/c1-5-9-13-17-21-27-35-29-25-33-39(37(35)31-23-19-15-11-7-3)42-41(44)43-40-34-26-30-36(28-22-18-14-10-6-2)38(40)32-24-20-16-12-8-4/h25-26,29-30,33-34H,5-24,27-28,31-32H2,1-4H3,(H2,42,43,44). The van der Waals surface area contributed by atoms with Gasteiger partial charge in [-0.2, -0.15) is 0 Å². The number of carbonyl (C=O) groups is 1. The zero-order valence-corrected chi connectivity index (χ0v) is 29.3. The van der Waals surface area contributed by atoms with Crippen LogP contribution in [0.5, 0.6) is 0 Å². The van der Waals surface area contributed by atoms with Gasteiger partial charge in [0, 0.05) is 11.4 Å². The van der Waals surface area contributed by atoms with Gasteiger partial charge >= 0.3 is 6.03 Å². The highest BCUT2D eigenvalue weighted by molar-refractivity contribution is 6.01. The fourth-order valence-electron chi connectivity index (χ4n) is 6.49. The molecular formula is C41H68N2O. The van der Waals surface area contributed by atoms with Crippen molar-refractivity contribution in [2.45, 2.75) is 182 Å². The molecule has 2 amide bonds. The second-order valence-corrected chi connectivity index (χ2v) is 13.1. The molecule has 0 heterocycles. The summed E-state index contributed by atoms with van der Waals surface area (Å²) in [5.74, 6) is 0. The van der Waals surface area contributed by atoms with Crippen molar-refractivity contribution in [2.24, 2.45) is 0 Å². The number of carbonyl (C=O) groups excluding carboxylic acids is 1. The van der Waals surface area contributed by atoms with Crippen LogP contribution in [0, 0.1) is 0 Å². The van der Waals surface area contributed by atoms with Gasteiger partial charge in [0.25, 0.3) is 0 Å². The number of hydrogen-bond acceptors (Lipinski definition) is 1. The number of anilines is 2. The lowest BCUT2D eigenvalue weighted by Crippen LogP contribution is -2.22. The van der Waals surface area contributed by atoms with Crippen LogP contribution in [0.1, 0.15) is 178 Å². The summed E-state index contributed by atoms with van der Waals surface area (Å²) in [5.41, 5.74) is 7.55. The highest BCUT2D eigenvalue weighted by Gasteiger charge is 2.15. The first-order chi connectivity index (χ1) is 21.6. The van der Waals surface area contributed by atoms with Gasteiger partial charge in [-0.1, -0.05) is 155 Å². The van der Waals surface area contributed by atoms with Crippen molar-refractivity contribution in [1.29, 1.82) is 0 Å². The molecule has 0 bridgehead atoms. The molecule has 248 valence electrons. The lowest BCUT2D eigenvalue weighted by molar-refractivity contribution is 0.262. The first kappa shape index (κ1) is 37.9. The van der Waals surface area contributed by atoms with E-state index in [2.05, 4.69) is 74.7 Å². The van der Waals surface area contributed by atoms with Gasteiger partial charge in [-0.15, -0.1) is 0 Å². The summed E-state index contributed by atoms with van der Waals surface area (Å²) in [7, 11) is 0. The van der Waals surface area contributed by atoms with Gasteiger partial charge in [-0.25, -0.2) is 4.79 Å². The van der Waals surface area contributed by atoms with Crippen molar-refractivity contribution >= 4 is 17.4 Å². The third-order valence-corrected chi connectivity index (χ3v) is 9.20. The Morgan fingerprint density at radius 1 is 0.432 bits per heavy atom. The molecule has 0 atom stereocenters. The van der Waals surface area contributed by atoms with Crippen molar-refractivity contribution in [1.82, 2.24) is 0 Å². The highest BCUT2D eigenvalue weighted by atomic mass is 16.2. The molecule has 2 N–H and O–H groups in total. The number of benzene rings is 2. The van der Waals surface area contributed by atoms with Gasteiger partial charge in [-0.05, 0) is 85.8 Å². The van der Waals surface area contributed by atoms with Crippen LogP contribution in [0.4, 0.5) is 16.2 Å². The molecule has 0 aliphatic carbocycles. The van der Waals surface area contributed by atoms with E-state index in [4.69, 9.17) is 0 Å². The Morgan fingerprint density at radius 2 is 0.750 bits per heavy atom. The minimum atomic E-state index is -0.107. The third kappa shape index (κ3) is 15.6. The zero-order valence-electron chi connectivity index (χ0n) is 29.3. The van der Waals surface area contributed by atoms with Crippen molar-refractivity contribution in [3.63, 3.8) is 0 Å². The van der Waals surface area contributed by atoms with Crippen LogP contribution in [0.25, 0.3) is 0 Å². The Labute approximate surface area is 272 Å². The monoisotopic (exact) mass is 605 g/mol. The number of unbranched alkanes of at least 4 members (excludes halogenated alkanes) is 16. The number of hydrogen-bond donors (Lipinski definition) is 2. The van der Waals surface area contributed by atoms with E-state index in [9.17, 15) is 4.79 Å². The summed E-state index contributed by atoms with van der Waals surface area (Å²) < 4.78 is 0. The molecule has 0 aliphatic heterocycles. The van der Waals surface area contributed by atoms with Crippen molar-refractivity contribution in [3.8, 4) is 0 Å². The molecule has 2 rings (SSSR count). The highest BCUT2D eigenvalue weighted by Crippen LogP contribution is 2.28. The number of aryl methyl sites for hydroxylation is 2. The minimum Gasteiger partial charge on any atom is -0.307 e. The van der Waals surface area contributed by atoms with E-state index < -0.39 is 0 Å². The summed E-state index contributed by atoms with van der Waals surface area (Å²) in [6.45, 7) is 9.10. The number of nitrogens with one attached hydrogen (secondary N) is 2. The van der Waals surface area contributed by atoms with E-state index in [1.54, 1.807) is 0 Å². The maximum Gasteiger partial charge on any atom is 0.323 e. The fourth-order valence-corrected chi connectivity index (χ4v) is 6.49. The Morgan fingerprint density at radius 3 is 1.09 bits per heavy atom. The predicted molar refractivity (Wildman–Crippen MR) is 195 cm³/mol. The molecule has 0 saturated carbocycles. The molecule has 0 aliphatic rings. The topological polar surface area (TPSA) is 41.1 Å². The van der Waals surface area contributed by atoms with Gasteiger partial charge in [0.2, 0.25) is 0 Å². The van der Waals surface area contributed by atoms with Gasteiger partial charge in [0.05, 0.1) is 0 Å². The second-order valence-electron chi connectivity index (χ2n) is 13.1. The maximum atomic E-state index is 13.6. The molecule has 0 fully saturated rings. The SMILES string of the molecule is CCCCCCCc1cccc(NC(=O)Nc2cccc(CCCCCCC)c2CCCCCCC)c1CCCCCCC. The van der Waals surface area contributed by atoms with Crippen molar-refractivity contribution in [3.05, 3.63) is 58.7 Å². The number of urea groups is 1. The quantitative estimate of drug-likeness (QED) is 0.103. The van der Waals surface area contributed by atoms with Gasteiger partial charge in [0.15, 0.2) is 0 Å². The Balaban J connectivity index is 2.17. The first-order valence-electron chi connectivity index (χ1n) is 18.9. The molecule has 0 saturated heterocycles. The van der Waals surface area contributed by atoms with Gasteiger partial charge in [0.1, 0.15) is 0 Å². The normalized spacial score (nSPS) is 11.2. The molecule has 2 aromatic rings. The molecule has 0 unspecified atom stereocenters. The van der Waals surface area contributed by atoms with E-state index in [-0.39, 0.29) is 6.03 Å². The molecular weight excluding hydrogens is 536 g/mol. The molecule has 3 heteroatoms. The van der Waals surface area contributed by atoms with Crippen molar-refractivity contribution < 1.29 is 4.79 Å². The van der Waals surface area contributed by atoms with Crippen LogP contribution in [0.15, 0.2) is 36.4 Å². The maximum absolute atomic E-state index is 13.6. The minimum absolute atomic E-state index is 0.107. The van der Waals surface area contributed by atoms with E-state index in [1.165, 1.54) is 151 Å². The summed E-state index contributed by atoms with van der Waals surface area (Å²) in [4.78, 5) is 13.6. The Bertz CT molecular complexity index is 934. The average Bonchev–Trinajstić information content (AvgIpc) is 3.02. The predicted octanol–water partition coefficient (Wildman–Crippen LogP) is 13.4. The molecule has 0 aromatic heterocycles.